The van der Waals surface area contributed by atoms with Crippen LogP contribution in [0.1, 0.15) is 19.0 Å². The summed E-state index contributed by atoms with van der Waals surface area (Å²) >= 11 is 0. The van der Waals surface area contributed by atoms with E-state index < -0.39 is 0 Å². The summed E-state index contributed by atoms with van der Waals surface area (Å²) in [5.41, 5.74) is 0.947. The molecule has 0 radical (unpaired) electrons. The minimum absolute atomic E-state index is 0.00480. The van der Waals surface area contributed by atoms with E-state index in [1.165, 1.54) is 0 Å². The second-order valence-corrected chi connectivity index (χ2v) is 4.96. The first-order valence-electron chi connectivity index (χ1n) is 7.29. The highest BCUT2D eigenvalue weighted by Gasteiger charge is 2.07. The number of ether oxygens (including phenoxy) is 1. The van der Waals surface area contributed by atoms with Gasteiger partial charge < -0.3 is 15.4 Å². The van der Waals surface area contributed by atoms with Crippen molar-refractivity contribution in [3.63, 3.8) is 0 Å². The average molecular weight is 294 g/mol. The van der Waals surface area contributed by atoms with Gasteiger partial charge in [0.2, 0.25) is 5.91 Å². The van der Waals surface area contributed by atoms with Crippen molar-refractivity contribution in [3.05, 3.63) is 23.9 Å². The molecular weight excluding hydrogens is 268 g/mol. The van der Waals surface area contributed by atoms with Crippen molar-refractivity contribution in [1.82, 2.24) is 15.2 Å². The van der Waals surface area contributed by atoms with Gasteiger partial charge in [0.05, 0.1) is 18.8 Å². The Kier molecular flexibility index (Phi) is 8.38. The molecule has 1 aromatic heterocycles. The summed E-state index contributed by atoms with van der Waals surface area (Å²) in [6.07, 6.45) is 1.06. The lowest BCUT2D eigenvalue weighted by Crippen LogP contribution is -2.36. The SMILES string of the molecule is CCCNc1cccc(CN(C)CC(=O)NCCOC)n1. The molecular formula is C15H26N4O2. The van der Waals surface area contributed by atoms with E-state index in [-0.39, 0.29) is 5.91 Å². The highest BCUT2D eigenvalue weighted by molar-refractivity contribution is 5.77. The normalized spacial score (nSPS) is 10.7. The van der Waals surface area contributed by atoms with Crippen molar-refractivity contribution in [1.29, 1.82) is 0 Å². The summed E-state index contributed by atoms with van der Waals surface area (Å²) in [6.45, 7) is 5.08. The lowest BCUT2D eigenvalue weighted by atomic mass is 10.3. The van der Waals surface area contributed by atoms with Crippen LogP contribution in [-0.2, 0) is 16.1 Å². The van der Waals surface area contributed by atoms with Crippen LogP contribution in [0, 0.1) is 0 Å². The standard InChI is InChI=1S/C15H26N4O2/c1-4-8-16-14-7-5-6-13(18-14)11-19(2)12-15(20)17-9-10-21-3/h5-7H,4,8-12H2,1-3H3,(H,16,18)(H,17,20). The van der Waals surface area contributed by atoms with Gasteiger partial charge in [-0.1, -0.05) is 13.0 Å². The Hall–Kier alpha value is -1.66. The molecule has 0 aliphatic heterocycles. The number of hydrogen-bond donors (Lipinski definition) is 2. The smallest absolute Gasteiger partial charge is 0.234 e. The highest BCUT2D eigenvalue weighted by atomic mass is 16.5. The fourth-order valence-electron chi connectivity index (χ4n) is 1.85. The predicted molar refractivity (Wildman–Crippen MR) is 84.2 cm³/mol. The molecule has 0 bridgehead atoms. The fourth-order valence-corrected chi connectivity index (χ4v) is 1.85. The molecule has 0 aromatic carbocycles. The van der Waals surface area contributed by atoms with Gasteiger partial charge in [0.1, 0.15) is 5.82 Å². The van der Waals surface area contributed by atoms with Crippen LogP contribution in [0.3, 0.4) is 0 Å². The zero-order valence-electron chi connectivity index (χ0n) is 13.2. The number of carbonyl (C=O) groups excluding carboxylic acids is 1. The zero-order valence-corrected chi connectivity index (χ0v) is 13.2. The summed E-state index contributed by atoms with van der Waals surface area (Å²) in [4.78, 5) is 18.2. The van der Waals surface area contributed by atoms with Crippen LogP contribution in [0.2, 0.25) is 0 Å². The summed E-state index contributed by atoms with van der Waals surface area (Å²) in [5.74, 6) is 0.877. The number of aromatic nitrogens is 1. The van der Waals surface area contributed by atoms with E-state index in [0.29, 0.717) is 26.2 Å². The number of pyridine rings is 1. The van der Waals surface area contributed by atoms with Crippen LogP contribution in [0.25, 0.3) is 0 Å². The topological polar surface area (TPSA) is 66.5 Å². The van der Waals surface area contributed by atoms with Gasteiger partial charge in [-0.25, -0.2) is 4.98 Å². The number of rotatable bonds is 10. The van der Waals surface area contributed by atoms with Crippen LogP contribution in [-0.4, -0.2) is 56.2 Å². The van der Waals surface area contributed by atoms with E-state index in [9.17, 15) is 4.79 Å². The summed E-state index contributed by atoms with van der Waals surface area (Å²) < 4.78 is 4.89. The minimum atomic E-state index is -0.00480. The van der Waals surface area contributed by atoms with Gasteiger partial charge in [0, 0.05) is 26.7 Å². The maximum absolute atomic E-state index is 11.7. The number of nitrogens with one attached hydrogen (secondary N) is 2. The van der Waals surface area contributed by atoms with Gasteiger partial charge in [-0.15, -0.1) is 0 Å². The highest BCUT2D eigenvalue weighted by Crippen LogP contribution is 2.06. The first-order valence-corrected chi connectivity index (χ1v) is 7.29. The molecule has 6 nitrogen and oxygen atoms in total. The van der Waals surface area contributed by atoms with Crippen LogP contribution < -0.4 is 10.6 Å². The van der Waals surface area contributed by atoms with Crippen LogP contribution in [0.15, 0.2) is 18.2 Å². The van der Waals surface area contributed by atoms with E-state index in [1.54, 1.807) is 7.11 Å². The van der Waals surface area contributed by atoms with Gasteiger partial charge >= 0.3 is 0 Å². The Morgan fingerprint density at radius 1 is 1.38 bits per heavy atom. The maximum atomic E-state index is 11.7. The summed E-state index contributed by atoms with van der Waals surface area (Å²) in [6, 6.07) is 5.90. The van der Waals surface area contributed by atoms with Crippen LogP contribution in [0.5, 0.6) is 0 Å². The third kappa shape index (κ3) is 7.63. The van der Waals surface area contributed by atoms with E-state index in [2.05, 4.69) is 22.5 Å². The Morgan fingerprint density at radius 3 is 2.90 bits per heavy atom. The molecule has 1 rings (SSSR count). The van der Waals surface area contributed by atoms with Crippen molar-refractivity contribution in [2.75, 3.05) is 45.7 Å². The lowest BCUT2D eigenvalue weighted by molar-refractivity contribution is -0.122. The molecule has 6 heteroatoms. The Bertz CT molecular complexity index is 426. The zero-order chi connectivity index (χ0) is 15.5. The molecule has 0 fully saturated rings. The molecule has 0 saturated heterocycles. The first-order chi connectivity index (χ1) is 10.2. The number of carbonyl (C=O) groups is 1. The van der Waals surface area contributed by atoms with Crippen molar-refractivity contribution >= 4 is 11.7 Å². The van der Waals surface area contributed by atoms with Gasteiger partial charge in [0.25, 0.3) is 0 Å². The molecule has 0 atom stereocenters. The van der Waals surface area contributed by atoms with Crippen LogP contribution in [0.4, 0.5) is 5.82 Å². The third-order valence-corrected chi connectivity index (χ3v) is 2.84. The van der Waals surface area contributed by atoms with E-state index in [4.69, 9.17) is 4.74 Å². The van der Waals surface area contributed by atoms with Gasteiger partial charge in [0.15, 0.2) is 0 Å². The van der Waals surface area contributed by atoms with Crippen molar-refractivity contribution in [2.45, 2.75) is 19.9 Å². The van der Waals surface area contributed by atoms with E-state index in [1.807, 2.05) is 30.1 Å². The molecule has 21 heavy (non-hydrogen) atoms. The number of methoxy groups -OCH3 is 1. The Morgan fingerprint density at radius 2 is 2.19 bits per heavy atom. The number of nitrogens with zero attached hydrogens (tertiary/aromatic N) is 2. The summed E-state index contributed by atoms with van der Waals surface area (Å²) in [7, 11) is 3.52. The van der Waals surface area contributed by atoms with E-state index >= 15 is 0 Å². The van der Waals surface area contributed by atoms with Gasteiger partial charge in [-0.05, 0) is 25.6 Å². The fraction of sp³-hybridized carbons (Fsp3) is 0.600. The molecule has 2 N–H and O–H groups in total. The molecule has 0 saturated carbocycles. The average Bonchev–Trinajstić information content (AvgIpc) is 2.45. The molecule has 0 unspecified atom stereocenters. The van der Waals surface area contributed by atoms with Crippen LogP contribution >= 0.6 is 0 Å². The first kappa shape index (κ1) is 17.4. The minimum Gasteiger partial charge on any atom is -0.383 e. The Balaban J connectivity index is 2.39. The second-order valence-electron chi connectivity index (χ2n) is 4.96. The molecule has 118 valence electrons. The largest absolute Gasteiger partial charge is 0.383 e. The number of anilines is 1. The third-order valence-electron chi connectivity index (χ3n) is 2.84. The van der Waals surface area contributed by atoms with E-state index in [0.717, 1.165) is 24.5 Å². The monoisotopic (exact) mass is 294 g/mol. The second kappa shape index (κ2) is 10.1. The molecule has 1 aromatic rings. The Labute approximate surface area is 126 Å². The van der Waals surface area contributed by atoms with Crippen molar-refractivity contribution in [2.24, 2.45) is 0 Å². The molecule has 0 aliphatic carbocycles. The lowest BCUT2D eigenvalue weighted by Gasteiger charge is -2.16. The van der Waals surface area contributed by atoms with Crippen molar-refractivity contribution in [3.8, 4) is 0 Å². The van der Waals surface area contributed by atoms with Gasteiger partial charge in [-0.2, -0.15) is 0 Å². The molecule has 0 spiro atoms. The van der Waals surface area contributed by atoms with Gasteiger partial charge in [-0.3, -0.25) is 9.69 Å². The molecule has 1 heterocycles. The quantitative estimate of drug-likeness (QED) is 0.633. The molecule has 1 amide bonds. The summed E-state index contributed by atoms with van der Waals surface area (Å²) in [5, 5.41) is 6.06. The number of amides is 1. The van der Waals surface area contributed by atoms with Crippen molar-refractivity contribution < 1.29 is 9.53 Å². The molecule has 0 aliphatic rings. The predicted octanol–water partition coefficient (Wildman–Crippen LogP) is 1.10. The number of likely N-dealkylation sites (N-methyl/N-ethyl adjacent to an activating group) is 1. The maximum Gasteiger partial charge on any atom is 0.234 e. The number of hydrogen-bond acceptors (Lipinski definition) is 5.